The van der Waals surface area contributed by atoms with E-state index in [-0.39, 0.29) is 18.0 Å². The summed E-state index contributed by atoms with van der Waals surface area (Å²) in [5, 5.41) is 24.4. The maximum atomic E-state index is 12.2. The van der Waals surface area contributed by atoms with Gasteiger partial charge in [0.15, 0.2) is 5.82 Å². The molecule has 0 aliphatic carbocycles. The van der Waals surface area contributed by atoms with Gasteiger partial charge >= 0.3 is 6.09 Å². The molecule has 2 aromatic heterocycles. The van der Waals surface area contributed by atoms with Crippen LogP contribution in [0.4, 0.5) is 16.2 Å². The molecule has 2 aromatic carbocycles. The van der Waals surface area contributed by atoms with Crippen molar-refractivity contribution in [3.05, 3.63) is 59.9 Å². The molecule has 37 heavy (non-hydrogen) atoms. The van der Waals surface area contributed by atoms with E-state index in [2.05, 4.69) is 31.4 Å². The molecule has 4 aromatic rings. The SMILES string of the molecule is CCOC(=O)Nc1cc(-c2cc(NS(=O)(=O)CC)ccc2Oc2ccc(C#N)cc2)nn2c(C)nnc12. The summed E-state index contributed by atoms with van der Waals surface area (Å²) in [5.41, 5.74) is 2.11. The van der Waals surface area contributed by atoms with Gasteiger partial charge in [0.2, 0.25) is 15.7 Å². The van der Waals surface area contributed by atoms with Crippen molar-refractivity contribution >= 4 is 33.1 Å². The first kappa shape index (κ1) is 25.4. The van der Waals surface area contributed by atoms with Crippen molar-refractivity contribution in [3.8, 4) is 28.8 Å². The fourth-order valence-electron chi connectivity index (χ4n) is 3.34. The minimum absolute atomic E-state index is 0.108. The van der Waals surface area contributed by atoms with Crippen LogP contribution >= 0.6 is 0 Å². The zero-order chi connectivity index (χ0) is 26.6. The number of rotatable bonds is 8. The average molecular weight is 522 g/mol. The maximum absolute atomic E-state index is 12.2. The van der Waals surface area contributed by atoms with Gasteiger partial charge < -0.3 is 9.47 Å². The van der Waals surface area contributed by atoms with Gasteiger partial charge in [-0.1, -0.05) is 0 Å². The normalized spacial score (nSPS) is 11.1. The molecule has 0 bridgehead atoms. The van der Waals surface area contributed by atoms with Crippen molar-refractivity contribution in [1.29, 1.82) is 5.26 Å². The Bertz CT molecular complexity index is 1610. The van der Waals surface area contributed by atoms with Gasteiger partial charge in [-0.15, -0.1) is 10.2 Å². The Labute approximate surface area is 212 Å². The number of nitriles is 1. The predicted molar refractivity (Wildman–Crippen MR) is 136 cm³/mol. The fourth-order valence-corrected chi connectivity index (χ4v) is 3.97. The Morgan fingerprint density at radius 1 is 1.11 bits per heavy atom. The van der Waals surface area contributed by atoms with E-state index in [0.717, 1.165) is 0 Å². The van der Waals surface area contributed by atoms with Gasteiger partial charge in [-0.05, 0) is 69.3 Å². The third kappa shape index (κ3) is 5.76. The molecular weight excluding hydrogens is 498 g/mol. The van der Waals surface area contributed by atoms with Crippen molar-refractivity contribution in [2.45, 2.75) is 20.8 Å². The van der Waals surface area contributed by atoms with E-state index in [1.165, 1.54) is 11.4 Å². The summed E-state index contributed by atoms with van der Waals surface area (Å²) < 4.78 is 39.5. The van der Waals surface area contributed by atoms with E-state index in [4.69, 9.17) is 14.7 Å². The first-order valence-electron chi connectivity index (χ1n) is 11.2. The third-order valence-electron chi connectivity index (χ3n) is 5.16. The molecular formula is C24H23N7O5S. The summed E-state index contributed by atoms with van der Waals surface area (Å²) in [7, 11) is -3.55. The first-order chi connectivity index (χ1) is 17.7. The second-order valence-corrected chi connectivity index (χ2v) is 9.74. The highest BCUT2D eigenvalue weighted by Crippen LogP contribution is 2.36. The zero-order valence-corrected chi connectivity index (χ0v) is 21.0. The summed E-state index contributed by atoms with van der Waals surface area (Å²) in [6.45, 7) is 5.09. The molecule has 190 valence electrons. The van der Waals surface area contributed by atoms with Crippen LogP contribution in [0.1, 0.15) is 25.2 Å². The van der Waals surface area contributed by atoms with Gasteiger partial charge in [0, 0.05) is 11.3 Å². The Balaban J connectivity index is 1.86. The average Bonchev–Trinajstić information content (AvgIpc) is 3.26. The van der Waals surface area contributed by atoms with Crippen molar-refractivity contribution in [2.75, 3.05) is 22.4 Å². The monoisotopic (exact) mass is 521 g/mol. The van der Waals surface area contributed by atoms with Gasteiger partial charge in [-0.2, -0.15) is 14.9 Å². The molecule has 0 saturated carbocycles. The lowest BCUT2D eigenvalue weighted by molar-refractivity contribution is 0.168. The number of hydrogen-bond donors (Lipinski definition) is 2. The van der Waals surface area contributed by atoms with Gasteiger partial charge in [0.1, 0.15) is 11.5 Å². The van der Waals surface area contributed by atoms with Gasteiger partial charge in [-0.3, -0.25) is 10.0 Å². The Hall–Kier alpha value is -4.70. The summed E-state index contributed by atoms with van der Waals surface area (Å²) in [4.78, 5) is 12.2. The van der Waals surface area contributed by atoms with Gasteiger partial charge in [-0.25, -0.2) is 13.2 Å². The second-order valence-electron chi connectivity index (χ2n) is 7.73. The van der Waals surface area contributed by atoms with Crippen LogP contribution in [-0.4, -0.2) is 46.7 Å². The van der Waals surface area contributed by atoms with Crippen LogP contribution in [0.15, 0.2) is 48.5 Å². The minimum atomic E-state index is -3.55. The van der Waals surface area contributed by atoms with Crippen LogP contribution in [0.5, 0.6) is 11.5 Å². The molecule has 13 heteroatoms. The van der Waals surface area contributed by atoms with Crippen molar-refractivity contribution in [1.82, 2.24) is 19.8 Å². The highest BCUT2D eigenvalue weighted by atomic mass is 32.2. The maximum Gasteiger partial charge on any atom is 0.411 e. The molecule has 0 saturated heterocycles. The Morgan fingerprint density at radius 3 is 2.54 bits per heavy atom. The van der Waals surface area contributed by atoms with E-state index in [1.54, 1.807) is 62.4 Å². The Morgan fingerprint density at radius 2 is 1.86 bits per heavy atom. The van der Waals surface area contributed by atoms with Crippen LogP contribution in [0.3, 0.4) is 0 Å². The summed E-state index contributed by atoms with van der Waals surface area (Å²) in [5.74, 6) is 1.15. The van der Waals surface area contributed by atoms with Crippen molar-refractivity contribution in [3.63, 3.8) is 0 Å². The molecule has 0 atom stereocenters. The lowest BCUT2D eigenvalue weighted by Gasteiger charge is -2.15. The minimum Gasteiger partial charge on any atom is -0.457 e. The number of nitrogens with one attached hydrogen (secondary N) is 2. The number of fused-ring (bicyclic) bond motifs is 1. The number of anilines is 2. The van der Waals surface area contributed by atoms with Crippen LogP contribution in [0, 0.1) is 18.3 Å². The molecule has 1 amide bonds. The number of carbonyl (C=O) groups excluding carboxylic acids is 1. The Kier molecular flexibility index (Phi) is 7.21. The molecule has 0 aliphatic rings. The lowest BCUT2D eigenvalue weighted by atomic mass is 10.1. The first-order valence-corrected chi connectivity index (χ1v) is 12.9. The number of nitrogens with zero attached hydrogens (tertiary/aromatic N) is 5. The second kappa shape index (κ2) is 10.5. The van der Waals surface area contributed by atoms with Crippen molar-refractivity contribution < 1.29 is 22.7 Å². The number of hydrogen-bond acceptors (Lipinski definition) is 9. The molecule has 2 N–H and O–H groups in total. The number of carbonyl (C=O) groups is 1. The standard InChI is InChI=1S/C24H23N7O5S/c1-4-35-24(32)26-21-13-20(29-31-15(3)27-28-23(21)31)19-12-17(30-37(33,34)5-2)8-11-22(19)36-18-9-6-16(14-25)7-10-18/h6-13,30H,4-5H2,1-3H3,(H,26,32). The number of amides is 1. The third-order valence-corrected chi connectivity index (χ3v) is 6.47. The van der Waals surface area contributed by atoms with Crippen LogP contribution in [0.2, 0.25) is 0 Å². The van der Waals surface area contributed by atoms with Crippen LogP contribution in [-0.2, 0) is 14.8 Å². The van der Waals surface area contributed by atoms with Gasteiger partial charge in [0.05, 0.1) is 35.4 Å². The molecule has 4 rings (SSSR count). The summed E-state index contributed by atoms with van der Waals surface area (Å²) in [6, 6.07) is 14.9. The number of aryl methyl sites for hydroxylation is 1. The summed E-state index contributed by atoms with van der Waals surface area (Å²) in [6.07, 6.45) is -0.680. The number of aromatic nitrogens is 4. The molecule has 2 heterocycles. The largest absolute Gasteiger partial charge is 0.457 e. The number of ether oxygens (including phenoxy) is 2. The highest BCUT2D eigenvalue weighted by molar-refractivity contribution is 7.92. The topological polar surface area (TPSA) is 161 Å². The molecule has 0 aliphatic heterocycles. The van der Waals surface area contributed by atoms with E-state index >= 15 is 0 Å². The highest BCUT2D eigenvalue weighted by Gasteiger charge is 2.19. The molecule has 0 radical (unpaired) electrons. The lowest BCUT2D eigenvalue weighted by Crippen LogP contribution is -2.15. The van der Waals surface area contributed by atoms with E-state index in [0.29, 0.717) is 45.5 Å². The molecule has 0 fully saturated rings. The predicted octanol–water partition coefficient (Wildman–Crippen LogP) is 4.09. The van der Waals surface area contributed by atoms with E-state index < -0.39 is 16.1 Å². The summed E-state index contributed by atoms with van der Waals surface area (Å²) >= 11 is 0. The molecule has 0 spiro atoms. The van der Waals surface area contributed by atoms with Crippen LogP contribution < -0.4 is 14.8 Å². The van der Waals surface area contributed by atoms with Gasteiger partial charge in [0.25, 0.3) is 0 Å². The molecule has 12 nitrogen and oxygen atoms in total. The smallest absolute Gasteiger partial charge is 0.411 e. The number of benzene rings is 2. The van der Waals surface area contributed by atoms with E-state index in [1.807, 2.05) is 0 Å². The molecule has 0 unspecified atom stereocenters. The fraction of sp³-hybridized carbons (Fsp3) is 0.208. The van der Waals surface area contributed by atoms with Crippen LogP contribution in [0.25, 0.3) is 16.9 Å². The zero-order valence-electron chi connectivity index (χ0n) is 20.2. The van der Waals surface area contributed by atoms with Crippen molar-refractivity contribution in [2.24, 2.45) is 0 Å². The number of sulfonamides is 1. The van der Waals surface area contributed by atoms with E-state index in [9.17, 15) is 13.2 Å². The quantitative estimate of drug-likeness (QED) is 0.348.